The Labute approximate surface area is 178 Å². The smallest absolute Gasteiger partial charge is 0.119 e. The van der Waals surface area contributed by atoms with Crippen molar-refractivity contribution in [3.63, 3.8) is 0 Å². The van der Waals surface area contributed by atoms with E-state index in [0.717, 1.165) is 49.9 Å². The normalized spacial score (nSPS) is 11.7. The van der Waals surface area contributed by atoms with E-state index in [1.807, 2.05) is 0 Å². The zero-order valence-electron chi connectivity index (χ0n) is 19.2. The van der Waals surface area contributed by atoms with E-state index in [1.54, 1.807) is 0 Å². The third-order valence-electron chi connectivity index (χ3n) is 5.67. The lowest BCUT2D eigenvalue weighted by Gasteiger charge is -2.22. The molecule has 0 radical (unpaired) electrons. The molecule has 0 aliphatic carbocycles. The minimum absolute atomic E-state index is 0.419. The summed E-state index contributed by atoms with van der Waals surface area (Å²) in [6, 6.07) is 17.0. The highest BCUT2D eigenvalue weighted by Gasteiger charge is 2.14. The first-order valence-electron chi connectivity index (χ1n) is 11.3. The summed E-state index contributed by atoms with van der Waals surface area (Å²) >= 11 is 0. The van der Waals surface area contributed by atoms with Crippen molar-refractivity contribution < 1.29 is 9.47 Å². The molecule has 29 heavy (non-hydrogen) atoms. The molecule has 0 fully saturated rings. The van der Waals surface area contributed by atoms with Crippen LogP contribution in [0.2, 0.25) is 0 Å². The molecule has 0 atom stereocenters. The highest BCUT2D eigenvalue weighted by molar-refractivity contribution is 5.34. The number of hydrogen-bond acceptors (Lipinski definition) is 2. The molecule has 0 heterocycles. The zero-order chi connectivity index (χ0) is 21.1. The molecule has 2 heteroatoms. The molecule has 0 N–H and O–H groups in total. The fraction of sp³-hybridized carbons (Fsp3) is 0.556. The monoisotopic (exact) mass is 396 g/mol. The number of benzene rings is 2. The minimum Gasteiger partial charge on any atom is -0.494 e. The Morgan fingerprint density at radius 2 is 1.24 bits per heavy atom. The largest absolute Gasteiger partial charge is 0.494 e. The molecule has 160 valence electrons. The van der Waals surface area contributed by atoms with E-state index >= 15 is 0 Å². The van der Waals surface area contributed by atoms with E-state index in [1.165, 1.54) is 30.4 Å². The average Bonchev–Trinajstić information content (AvgIpc) is 2.71. The van der Waals surface area contributed by atoms with Crippen molar-refractivity contribution in [2.24, 2.45) is 11.3 Å². The lowest BCUT2D eigenvalue weighted by atomic mass is 9.85. The first-order chi connectivity index (χ1) is 13.9. The fourth-order valence-corrected chi connectivity index (χ4v) is 3.24. The van der Waals surface area contributed by atoms with Crippen molar-refractivity contribution in [2.45, 2.75) is 73.1 Å². The summed E-state index contributed by atoms with van der Waals surface area (Å²) in [7, 11) is 0. The van der Waals surface area contributed by atoms with Crippen LogP contribution in [0.1, 0.15) is 77.8 Å². The Morgan fingerprint density at radius 1 is 0.759 bits per heavy atom. The molecule has 2 nitrogen and oxygen atoms in total. The zero-order valence-corrected chi connectivity index (χ0v) is 19.2. The molecule has 0 unspecified atom stereocenters. The van der Waals surface area contributed by atoms with Gasteiger partial charge in [0.1, 0.15) is 11.5 Å². The Hall–Kier alpha value is -1.96. The molecule has 0 saturated heterocycles. The van der Waals surface area contributed by atoms with Gasteiger partial charge in [0.25, 0.3) is 0 Å². The van der Waals surface area contributed by atoms with Crippen LogP contribution >= 0.6 is 0 Å². The maximum Gasteiger partial charge on any atom is 0.119 e. The molecule has 0 saturated carbocycles. The number of rotatable bonds is 13. The van der Waals surface area contributed by atoms with E-state index < -0.39 is 0 Å². The lowest BCUT2D eigenvalue weighted by Crippen LogP contribution is -2.11. The van der Waals surface area contributed by atoms with Crippen molar-refractivity contribution in [3.05, 3.63) is 59.7 Å². The van der Waals surface area contributed by atoms with Gasteiger partial charge < -0.3 is 9.47 Å². The minimum atomic E-state index is 0.419. The van der Waals surface area contributed by atoms with Gasteiger partial charge in [-0.25, -0.2) is 0 Å². The summed E-state index contributed by atoms with van der Waals surface area (Å²) in [5.41, 5.74) is 3.02. The summed E-state index contributed by atoms with van der Waals surface area (Å²) in [6.07, 6.45) is 6.79. The molecular formula is C27H40O2. The van der Waals surface area contributed by atoms with Gasteiger partial charge in [-0.15, -0.1) is 0 Å². The van der Waals surface area contributed by atoms with Crippen LogP contribution in [0.15, 0.2) is 48.5 Å². The first kappa shape index (κ1) is 23.3. The SMILES string of the molecule is CCC(C)(C)CCCOc1ccc(Cc2ccc(OCCCC(C)C)cc2)cc1. The summed E-state index contributed by atoms with van der Waals surface area (Å²) in [5.74, 6) is 2.67. The van der Waals surface area contributed by atoms with E-state index in [0.29, 0.717) is 5.41 Å². The highest BCUT2D eigenvalue weighted by Crippen LogP contribution is 2.26. The second kappa shape index (κ2) is 11.9. The molecule has 2 aromatic carbocycles. The predicted molar refractivity (Wildman–Crippen MR) is 124 cm³/mol. The molecular weight excluding hydrogens is 356 g/mol. The lowest BCUT2D eigenvalue weighted by molar-refractivity contribution is 0.251. The number of ether oxygens (including phenoxy) is 2. The van der Waals surface area contributed by atoms with Crippen molar-refractivity contribution in [1.29, 1.82) is 0 Å². The second-order valence-electron chi connectivity index (χ2n) is 9.32. The van der Waals surface area contributed by atoms with Crippen LogP contribution in [0.3, 0.4) is 0 Å². The van der Waals surface area contributed by atoms with Crippen LogP contribution in [-0.4, -0.2) is 13.2 Å². The van der Waals surface area contributed by atoms with Crippen LogP contribution in [0, 0.1) is 11.3 Å². The van der Waals surface area contributed by atoms with Gasteiger partial charge in [-0.3, -0.25) is 0 Å². The van der Waals surface area contributed by atoms with Gasteiger partial charge in [0.15, 0.2) is 0 Å². The molecule has 0 aromatic heterocycles. The summed E-state index contributed by atoms with van der Waals surface area (Å²) in [4.78, 5) is 0. The first-order valence-corrected chi connectivity index (χ1v) is 11.3. The fourth-order valence-electron chi connectivity index (χ4n) is 3.24. The van der Waals surface area contributed by atoms with Gasteiger partial charge in [0, 0.05) is 0 Å². The maximum atomic E-state index is 5.91. The van der Waals surface area contributed by atoms with Gasteiger partial charge in [-0.2, -0.15) is 0 Å². The molecule has 0 aliphatic rings. The highest BCUT2D eigenvalue weighted by atomic mass is 16.5. The maximum absolute atomic E-state index is 5.91. The quantitative estimate of drug-likeness (QED) is 0.323. The van der Waals surface area contributed by atoms with E-state index in [9.17, 15) is 0 Å². The van der Waals surface area contributed by atoms with Crippen LogP contribution in [0.4, 0.5) is 0 Å². The van der Waals surface area contributed by atoms with Crippen LogP contribution in [-0.2, 0) is 6.42 Å². The van der Waals surface area contributed by atoms with Gasteiger partial charge in [-0.1, -0.05) is 65.3 Å². The average molecular weight is 397 g/mol. The van der Waals surface area contributed by atoms with E-state index in [2.05, 4.69) is 83.1 Å². The Kier molecular flexibility index (Phi) is 9.57. The van der Waals surface area contributed by atoms with Crippen LogP contribution < -0.4 is 9.47 Å². The van der Waals surface area contributed by atoms with Gasteiger partial charge in [-0.05, 0) is 78.8 Å². The molecule has 2 rings (SSSR count). The van der Waals surface area contributed by atoms with Crippen LogP contribution in [0.25, 0.3) is 0 Å². The Morgan fingerprint density at radius 3 is 1.69 bits per heavy atom. The van der Waals surface area contributed by atoms with Crippen molar-refractivity contribution >= 4 is 0 Å². The van der Waals surface area contributed by atoms with E-state index in [4.69, 9.17) is 9.47 Å². The summed E-state index contributed by atoms with van der Waals surface area (Å²) < 4.78 is 11.7. The third kappa shape index (κ3) is 9.39. The Bertz CT molecular complexity index is 683. The molecule has 0 spiro atoms. The molecule has 0 bridgehead atoms. The van der Waals surface area contributed by atoms with E-state index in [-0.39, 0.29) is 0 Å². The molecule has 0 aliphatic heterocycles. The third-order valence-corrected chi connectivity index (χ3v) is 5.67. The van der Waals surface area contributed by atoms with Gasteiger partial charge in [0.2, 0.25) is 0 Å². The topological polar surface area (TPSA) is 18.5 Å². The summed E-state index contributed by atoms with van der Waals surface area (Å²) in [6.45, 7) is 13.0. The summed E-state index contributed by atoms with van der Waals surface area (Å²) in [5, 5.41) is 0. The molecule has 0 amide bonds. The van der Waals surface area contributed by atoms with Gasteiger partial charge >= 0.3 is 0 Å². The second-order valence-corrected chi connectivity index (χ2v) is 9.32. The van der Waals surface area contributed by atoms with Gasteiger partial charge in [0.05, 0.1) is 13.2 Å². The van der Waals surface area contributed by atoms with Crippen LogP contribution in [0.5, 0.6) is 11.5 Å². The number of hydrogen-bond donors (Lipinski definition) is 0. The predicted octanol–water partition coefficient (Wildman–Crippen LogP) is 7.69. The van der Waals surface area contributed by atoms with Crippen molar-refractivity contribution in [1.82, 2.24) is 0 Å². The Balaban J connectivity index is 1.73. The van der Waals surface area contributed by atoms with Crippen molar-refractivity contribution in [3.8, 4) is 11.5 Å². The standard InChI is InChI=1S/C27H40O2/c1-6-27(4,5)18-8-20-29-26-16-12-24(13-17-26)21-23-10-14-25(15-11-23)28-19-7-9-22(2)3/h10-17,22H,6-9,18-21H2,1-5H3. The molecule has 2 aromatic rings. The van der Waals surface area contributed by atoms with Crippen molar-refractivity contribution in [2.75, 3.05) is 13.2 Å².